The van der Waals surface area contributed by atoms with Crippen LogP contribution < -0.4 is 10.1 Å². The fourth-order valence-electron chi connectivity index (χ4n) is 1.62. The molecule has 0 saturated carbocycles. The topological polar surface area (TPSA) is 38.3 Å². The van der Waals surface area contributed by atoms with Crippen LogP contribution in [-0.2, 0) is 4.79 Å². The van der Waals surface area contributed by atoms with Crippen LogP contribution >= 0.6 is 0 Å². The van der Waals surface area contributed by atoms with Gasteiger partial charge in [-0.1, -0.05) is 18.2 Å². The van der Waals surface area contributed by atoms with Crippen molar-refractivity contribution in [3.8, 4) is 5.75 Å². The molecular formula is C13H19NO2. The van der Waals surface area contributed by atoms with Gasteiger partial charge in [0.2, 0.25) is 5.91 Å². The Bertz CT molecular complexity index is 354. The Morgan fingerprint density at radius 2 is 1.94 bits per heavy atom. The highest BCUT2D eigenvalue weighted by Gasteiger charge is 2.07. The van der Waals surface area contributed by atoms with Gasteiger partial charge >= 0.3 is 0 Å². The average molecular weight is 221 g/mol. The van der Waals surface area contributed by atoms with Crippen molar-refractivity contribution in [2.75, 3.05) is 6.61 Å². The SMILES string of the molecule is CC(=O)N[C@@H](C)COc1c(C)cccc1C. The number of hydrogen-bond donors (Lipinski definition) is 1. The minimum absolute atomic E-state index is 0.0245. The fraction of sp³-hybridized carbons (Fsp3) is 0.462. The first-order valence-electron chi connectivity index (χ1n) is 5.47. The predicted octanol–water partition coefficient (Wildman–Crippen LogP) is 2.21. The first-order chi connectivity index (χ1) is 7.50. The number of amides is 1. The Morgan fingerprint density at radius 1 is 1.38 bits per heavy atom. The van der Waals surface area contributed by atoms with Gasteiger partial charge in [-0.2, -0.15) is 0 Å². The van der Waals surface area contributed by atoms with Crippen LogP contribution in [0.4, 0.5) is 0 Å². The van der Waals surface area contributed by atoms with Crippen molar-refractivity contribution in [1.29, 1.82) is 0 Å². The van der Waals surface area contributed by atoms with E-state index in [2.05, 4.69) is 5.32 Å². The molecule has 0 aliphatic rings. The van der Waals surface area contributed by atoms with Gasteiger partial charge in [0, 0.05) is 6.92 Å². The third-order valence-corrected chi connectivity index (χ3v) is 2.34. The minimum atomic E-state index is -0.0300. The molecule has 3 heteroatoms. The maximum absolute atomic E-state index is 10.8. The number of rotatable bonds is 4. The zero-order valence-corrected chi connectivity index (χ0v) is 10.3. The molecule has 0 spiro atoms. The largest absolute Gasteiger partial charge is 0.491 e. The summed E-state index contributed by atoms with van der Waals surface area (Å²) in [5.41, 5.74) is 2.24. The summed E-state index contributed by atoms with van der Waals surface area (Å²) < 4.78 is 5.72. The number of carbonyl (C=O) groups excluding carboxylic acids is 1. The lowest BCUT2D eigenvalue weighted by Gasteiger charge is -2.16. The van der Waals surface area contributed by atoms with Crippen LogP contribution in [0.1, 0.15) is 25.0 Å². The van der Waals surface area contributed by atoms with Crippen molar-refractivity contribution >= 4 is 5.91 Å². The Kier molecular flexibility index (Phi) is 4.35. The highest BCUT2D eigenvalue weighted by atomic mass is 16.5. The second-order valence-corrected chi connectivity index (χ2v) is 4.13. The molecule has 0 heterocycles. The van der Waals surface area contributed by atoms with Crippen molar-refractivity contribution in [2.45, 2.75) is 33.7 Å². The molecule has 88 valence electrons. The van der Waals surface area contributed by atoms with Gasteiger partial charge in [0.05, 0.1) is 6.04 Å². The number of hydrogen-bond acceptors (Lipinski definition) is 2. The first kappa shape index (κ1) is 12.6. The average Bonchev–Trinajstić information content (AvgIpc) is 2.15. The van der Waals surface area contributed by atoms with Crippen molar-refractivity contribution in [2.24, 2.45) is 0 Å². The molecule has 3 nitrogen and oxygen atoms in total. The van der Waals surface area contributed by atoms with Crippen LogP contribution in [-0.4, -0.2) is 18.6 Å². The summed E-state index contributed by atoms with van der Waals surface area (Å²) in [5.74, 6) is 0.886. The number of carbonyl (C=O) groups is 1. The molecule has 0 aliphatic carbocycles. The molecule has 0 aromatic heterocycles. The zero-order chi connectivity index (χ0) is 12.1. The van der Waals surface area contributed by atoms with E-state index in [9.17, 15) is 4.79 Å². The molecular weight excluding hydrogens is 202 g/mol. The molecule has 0 radical (unpaired) electrons. The van der Waals surface area contributed by atoms with Gasteiger partial charge < -0.3 is 10.1 Å². The maximum Gasteiger partial charge on any atom is 0.217 e. The highest BCUT2D eigenvalue weighted by Crippen LogP contribution is 2.22. The van der Waals surface area contributed by atoms with E-state index in [-0.39, 0.29) is 11.9 Å². The van der Waals surface area contributed by atoms with Gasteiger partial charge in [-0.05, 0) is 31.9 Å². The lowest BCUT2D eigenvalue weighted by atomic mass is 10.1. The van der Waals surface area contributed by atoms with E-state index in [1.165, 1.54) is 6.92 Å². The summed E-state index contributed by atoms with van der Waals surface area (Å²) in [7, 11) is 0. The summed E-state index contributed by atoms with van der Waals surface area (Å²) in [5, 5.41) is 2.79. The number of ether oxygens (including phenoxy) is 1. The van der Waals surface area contributed by atoms with Crippen molar-refractivity contribution < 1.29 is 9.53 Å². The number of benzene rings is 1. The third-order valence-electron chi connectivity index (χ3n) is 2.34. The van der Waals surface area contributed by atoms with E-state index in [1.807, 2.05) is 39.0 Å². The van der Waals surface area contributed by atoms with Crippen LogP contribution in [0.3, 0.4) is 0 Å². The maximum atomic E-state index is 10.8. The third kappa shape index (κ3) is 3.57. The second-order valence-electron chi connectivity index (χ2n) is 4.13. The molecule has 1 N–H and O–H groups in total. The summed E-state index contributed by atoms with van der Waals surface area (Å²) in [4.78, 5) is 10.8. The number of aryl methyl sites for hydroxylation is 2. The van der Waals surface area contributed by atoms with E-state index in [4.69, 9.17) is 4.74 Å². The molecule has 0 unspecified atom stereocenters. The van der Waals surface area contributed by atoms with Crippen LogP contribution in [0.2, 0.25) is 0 Å². The van der Waals surface area contributed by atoms with Crippen LogP contribution in [0, 0.1) is 13.8 Å². The van der Waals surface area contributed by atoms with E-state index in [0.717, 1.165) is 16.9 Å². The summed E-state index contributed by atoms with van der Waals surface area (Å²) in [6.45, 7) is 7.96. The van der Waals surface area contributed by atoms with Crippen LogP contribution in [0.5, 0.6) is 5.75 Å². The molecule has 1 atom stereocenters. The van der Waals surface area contributed by atoms with Crippen LogP contribution in [0.15, 0.2) is 18.2 Å². The quantitative estimate of drug-likeness (QED) is 0.846. The molecule has 1 aromatic carbocycles. The summed E-state index contributed by atoms with van der Waals surface area (Å²) in [6, 6.07) is 6.07. The fourth-order valence-corrected chi connectivity index (χ4v) is 1.62. The lowest BCUT2D eigenvalue weighted by molar-refractivity contribution is -0.119. The normalized spacial score (nSPS) is 12.0. The Morgan fingerprint density at radius 3 is 2.44 bits per heavy atom. The molecule has 1 aromatic rings. The van der Waals surface area contributed by atoms with Crippen molar-refractivity contribution in [1.82, 2.24) is 5.32 Å². The summed E-state index contributed by atoms with van der Waals surface area (Å²) >= 11 is 0. The van der Waals surface area contributed by atoms with Crippen molar-refractivity contribution in [3.63, 3.8) is 0 Å². The Labute approximate surface area is 96.8 Å². The van der Waals surface area contributed by atoms with Gasteiger partial charge in [0.25, 0.3) is 0 Å². The van der Waals surface area contributed by atoms with Gasteiger partial charge in [0.15, 0.2) is 0 Å². The van der Waals surface area contributed by atoms with Crippen molar-refractivity contribution in [3.05, 3.63) is 29.3 Å². The number of para-hydroxylation sites is 1. The zero-order valence-electron chi connectivity index (χ0n) is 10.3. The standard InChI is InChI=1S/C13H19NO2/c1-9-6-5-7-10(2)13(9)16-8-11(3)14-12(4)15/h5-7,11H,8H2,1-4H3,(H,14,15)/t11-/m0/s1. The van der Waals surface area contributed by atoms with E-state index in [1.54, 1.807) is 0 Å². The minimum Gasteiger partial charge on any atom is -0.491 e. The molecule has 1 rings (SSSR count). The van der Waals surface area contributed by atoms with E-state index in [0.29, 0.717) is 6.61 Å². The van der Waals surface area contributed by atoms with E-state index < -0.39 is 0 Å². The monoisotopic (exact) mass is 221 g/mol. The van der Waals surface area contributed by atoms with Gasteiger partial charge in [-0.3, -0.25) is 4.79 Å². The Hall–Kier alpha value is -1.51. The van der Waals surface area contributed by atoms with Gasteiger partial charge in [0.1, 0.15) is 12.4 Å². The van der Waals surface area contributed by atoms with Gasteiger partial charge in [-0.25, -0.2) is 0 Å². The van der Waals surface area contributed by atoms with E-state index >= 15 is 0 Å². The first-order valence-corrected chi connectivity index (χ1v) is 5.47. The van der Waals surface area contributed by atoms with Crippen LogP contribution in [0.25, 0.3) is 0 Å². The highest BCUT2D eigenvalue weighted by molar-refractivity contribution is 5.73. The molecule has 0 saturated heterocycles. The summed E-state index contributed by atoms with van der Waals surface area (Å²) in [6.07, 6.45) is 0. The molecule has 0 fully saturated rings. The molecule has 0 bridgehead atoms. The molecule has 16 heavy (non-hydrogen) atoms. The molecule has 0 aliphatic heterocycles. The lowest BCUT2D eigenvalue weighted by Crippen LogP contribution is -2.35. The number of nitrogens with one attached hydrogen (secondary N) is 1. The second kappa shape index (κ2) is 5.54. The predicted molar refractivity (Wildman–Crippen MR) is 64.7 cm³/mol. The Balaban J connectivity index is 2.57. The molecule has 1 amide bonds. The smallest absolute Gasteiger partial charge is 0.217 e. The van der Waals surface area contributed by atoms with Gasteiger partial charge in [-0.15, -0.1) is 0 Å².